The molecule has 0 bridgehead atoms. The maximum atomic E-state index is 11.5. The van der Waals surface area contributed by atoms with Crippen LogP contribution in [0.5, 0.6) is 0 Å². The highest BCUT2D eigenvalue weighted by Crippen LogP contribution is 2.15. The number of nitrogens with zero attached hydrogens (tertiary/aromatic N) is 3. The number of amides is 1. The van der Waals surface area contributed by atoms with Crippen molar-refractivity contribution in [2.45, 2.75) is 13.0 Å². The third-order valence-electron chi connectivity index (χ3n) is 2.79. The van der Waals surface area contributed by atoms with Gasteiger partial charge >= 0.3 is 6.09 Å². The van der Waals surface area contributed by atoms with Gasteiger partial charge in [-0.15, -0.1) is 0 Å². The van der Waals surface area contributed by atoms with Crippen LogP contribution < -0.4 is 5.32 Å². The van der Waals surface area contributed by atoms with Gasteiger partial charge in [0.15, 0.2) is 0 Å². The van der Waals surface area contributed by atoms with Crippen molar-refractivity contribution in [2.75, 3.05) is 26.7 Å². The van der Waals surface area contributed by atoms with Crippen molar-refractivity contribution in [2.24, 2.45) is 0 Å². The molecular formula is C11H16N4O2. The van der Waals surface area contributed by atoms with Gasteiger partial charge in [-0.25, -0.2) is 14.8 Å². The molecule has 0 spiro atoms. The molecule has 2 heterocycles. The monoisotopic (exact) mass is 236 g/mol. The van der Waals surface area contributed by atoms with E-state index in [0.717, 1.165) is 17.9 Å². The first-order chi connectivity index (χ1) is 8.20. The van der Waals surface area contributed by atoms with Crippen molar-refractivity contribution in [3.63, 3.8) is 0 Å². The molecule has 1 aliphatic heterocycles. The van der Waals surface area contributed by atoms with E-state index in [-0.39, 0.29) is 12.1 Å². The van der Waals surface area contributed by atoms with Gasteiger partial charge in [0, 0.05) is 25.3 Å². The summed E-state index contributed by atoms with van der Waals surface area (Å²) in [6.45, 7) is 3.89. The zero-order valence-electron chi connectivity index (χ0n) is 10.0. The molecule has 0 saturated carbocycles. The Bertz CT molecular complexity index is 410. The quantitative estimate of drug-likeness (QED) is 0.769. The van der Waals surface area contributed by atoms with Gasteiger partial charge in [-0.1, -0.05) is 0 Å². The van der Waals surface area contributed by atoms with Crippen LogP contribution in [-0.2, 0) is 4.74 Å². The first-order valence-electron chi connectivity index (χ1n) is 5.55. The lowest BCUT2D eigenvalue weighted by Gasteiger charge is -2.32. The first kappa shape index (κ1) is 11.8. The Labute approximate surface area is 100 Å². The van der Waals surface area contributed by atoms with Crippen LogP contribution >= 0.6 is 0 Å². The molecule has 0 radical (unpaired) electrons. The second-order valence-corrected chi connectivity index (χ2v) is 4.01. The standard InChI is InChI=1S/C11H16N4O2/c1-8-5-9(14-7-13-8)10-6-15(4-3-12-10)11(16)17-2/h5,7,10,12H,3-4,6H2,1-2H3. The summed E-state index contributed by atoms with van der Waals surface area (Å²) in [5.74, 6) is 0. The predicted molar refractivity (Wildman–Crippen MR) is 61.5 cm³/mol. The van der Waals surface area contributed by atoms with Crippen LogP contribution in [0.3, 0.4) is 0 Å². The van der Waals surface area contributed by atoms with Crippen molar-refractivity contribution < 1.29 is 9.53 Å². The number of nitrogens with one attached hydrogen (secondary N) is 1. The van der Waals surface area contributed by atoms with Gasteiger partial charge in [-0.05, 0) is 13.0 Å². The van der Waals surface area contributed by atoms with E-state index in [0.29, 0.717) is 13.1 Å². The van der Waals surface area contributed by atoms with Gasteiger partial charge in [0.1, 0.15) is 6.33 Å². The molecule has 1 aromatic rings. The highest BCUT2D eigenvalue weighted by molar-refractivity contribution is 5.67. The Morgan fingerprint density at radius 2 is 2.41 bits per heavy atom. The molecule has 92 valence electrons. The Balaban J connectivity index is 2.09. The Hall–Kier alpha value is -1.69. The predicted octanol–water partition coefficient (Wildman–Crippen LogP) is 0.498. The summed E-state index contributed by atoms with van der Waals surface area (Å²) in [6, 6.07) is 1.97. The van der Waals surface area contributed by atoms with Crippen LogP contribution in [0.4, 0.5) is 4.79 Å². The molecule has 1 aliphatic rings. The number of piperazine rings is 1. The Kier molecular flexibility index (Phi) is 3.53. The fourth-order valence-electron chi connectivity index (χ4n) is 1.91. The second kappa shape index (κ2) is 5.09. The van der Waals surface area contributed by atoms with Crippen LogP contribution in [0.2, 0.25) is 0 Å². The van der Waals surface area contributed by atoms with Gasteiger partial charge in [-0.3, -0.25) is 0 Å². The molecule has 2 rings (SSSR count). The number of carbonyl (C=O) groups excluding carboxylic acids is 1. The lowest BCUT2D eigenvalue weighted by atomic mass is 10.1. The van der Waals surface area contributed by atoms with Crippen LogP contribution in [-0.4, -0.2) is 47.7 Å². The fourth-order valence-corrected chi connectivity index (χ4v) is 1.91. The lowest BCUT2D eigenvalue weighted by Crippen LogP contribution is -2.48. The maximum Gasteiger partial charge on any atom is 0.409 e. The smallest absolute Gasteiger partial charge is 0.409 e. The Morgan fingerprint density at radius 3 is 3.12 bits per heavy atom. The van der Waals surface area contributed by atoms with E-state index in [1.807, 2.05) is 13.0 Å². The van der Waals surface area contributed by atoms with Crippen molar-refractivity contribution in [3.8, 4) is 0 Å². The van der Waals surface area contributed by atoms with E-state index in [1.165, 1.54) is 7.11 Å². The summed E-state index contributed by atoms with van der Waals surface area (Å²) in [5.41, 5.74) is 1.83. The Morgan fingerprint density at radius 1 is 1.59 bits per heavy atom. The number of methoxy groups -OCH3 is 1. The minimum absolute atomic E-state index is 0.0459. The van der Waals surface area contributed by atoms with Gasteiger partial charge < -0.3 is 15.0 Å². The SMILES string of the molecule is COC(=O)N1CCNC(c2cc(C)ncn2)C1. The van der Waals surface area contributed by atoms with Crippen LogP contribution in [0.15, 0.2) is 12.4 Å². The van der Waals surface area contributed by atoms with E-state index in [2.05, 4.69) is 15.3 Å². The van der Waals surface area contributed by atoms with Crippen LogP contribution in [0, 0.1) is 6.92 Å². The van der Waals surface area contributed by atoms with E-state index in [1.54, 1.807) is 11.2 Å². The van der Waals surface area contributed by atoms with Gasteiger partial charge in [0.05, 0.1) is 18.8 Å². The number of carbonyl (C=O) groups is 1. The molecule has 1 N–H and O–H groups in total. The van der Waals surface area contributed by atoms with E-state index in [9.17, 15) is 4.79 Å². The molecule has 1 fully saturated rings. The second-order valence-electron chi connectivity index (χ2n) is 4.01. The van der Waals surface area contributed by atoms with Gasteiger partial charge in [0.25, 0.3) is 0 Å². The molecule has 1 saturated heterocycles. The van der Waals surface area contributed by atoms with E-state index < -0.39 is 0 Å². The average molecular weight is 236 g/mol. The van der Waals surface area contributed by atoms with Crippen molar-refractivity contribution in [1.29, 1.82) is 0 Å². The molecule has 1 unspecified atom stereocenters. The average Bonchev–Trinajstić information content (AvgIpc) is 2.38. The molecule has 6 nitrogen and oxygen atoms in total. The summed E-state index contributed by atoms with van der Waals surface area (Å²) < 4.78 is 4.72. The third kappa shape index (κ3) is 2.71. The molecule has 1 aromatic heterocycles. The van der Waals surface area contributed by atoms with Gasteiger partial charge in [-0.2, -0.15) is 0 Å². The summed E-state index contributed by atoms with van der Waals surface area (Å²) in [5, 5.41) is 3.33. The summed E-state index contributed by atoms with van der Waals surface area (Å²) in [6.07, 6.45) is 1.26. The van der Waals surface area contributed by atoms with Crippen molar-refractivity contribution in [3.05, 3.63) is 23.8 Å². The lowest BCUT2D eigenvalue weighted by molar-refractivity contribution is 0.109. The number of hydrogen-bond donors (Lipinski definition) is 1. The highest BCUT2D eigenvalue weighted by Gasteiger charge is 2.25. The molecule has 1 atom stereocenters. The molecule has 17 heavy (non-hydrogen) atoms. The van der Waals surface area contributed by atoms with Crippen molar-refractivity contribution >= 4 is 6.09 Å². The minimum atomic E-state index is -0.290. The normalized spacial score (nSPS) is 20.1. The first-order valence-corrected chi connectivity index (χ1v) is 5.55. The largest absolute Gasteiger partial charge is 0.453 e. The third-order valence-corrected chi connectivity index (χ3v) is 2.79. The molecule has 1 amide bonds. The van der Waals surface area contributed by atoms with E-state index >= 15 is 0 Å². The van der Waals surface area contributed by atoms with Crippen LogP contribution in [0.25, 0.3) is 0 Å². The molecular weight excluding hydrogens is 220 g/mol. The summed E-state index contributed by atoms with van der Waals surface area (Å²) in [7, 11) is 1.40. The summed E-state index contributed by atoms with van der Waals surface area (Å²) in [4.78, 5) is 21.4. The number of ether oxygens (including phenoxy) is 1. The zero-order valence-corrected chi connectivity index (χ0v) is 10.0. The molecule has 6 heteroatoms. The topological polar surface area (TPSA) is 67.3 Å². The minimum Gasteiger partial charge on any atom is -0.453 e. The fraction of sp³-hybridized carbons (Fsp3) is 0.545. The highest BCUT2D eigenvalue weighted by atomic mass is 16.5. The van der Waals surface area contributed by atoms with Crippen molar-refractivity contribution in [1.82, 2.24) is 20.2 Å². The van der Waals surface area contributed by atoms with E-state index in [4.69, 9.17) is 4.74 Å². The number of hydrogen-bond acceptors (Lipinski definition) is 5. The number of rotatable bonds is 1. The van der Waals surface area contributed by atoms with Gasteiger partial charge in [0.2, 0.25) is 0 Å². The summed E-state index contributed by atoms with van der Waals surface area (Å²) >= 11 is 0. The zero-order chi connectivity index (χ0) is 12.3. The molecule has 0 aliphatic carbocycles. The molecule has 0 aromatic carbocycles. The maximum absolute atomic E-state index is 11.5. The number of aryl methyl sites for hydroxylation is 1. The van der Waals surface area contributed by atoms with Crippen LogP contribution in [0.1, 0.15) is 17.4 Å². The number of aromatic nitrogens is 2.